The van der Waals surface area contributed by atoms with Gasteiger partial charge >= 0.3 is 0 Å². The Bertz CT molecular complexity index is 1560. The van der Waals surface area contributed by atoms with Crippen molar-refractivity contribution in [2.75, 3.05) is 20.2 Å². The molecule has 0 atom stereocenters. The van der Waals surface area contributed by atoms with E-state index in [1.807, 2.05) is 18.5 Å². The first-order chi connectivity index (χ1) is 18.4. The lowest BCUT2D eigenvalue weighted by Crippen LogP contribution is -2.37. The first kappa shape index (κ1) is 25.9. The summed E-state index contributed by atoms with van der Waals surface area (Å²) < 4.78 is 17.5. The highest BCUT2D eigenvalue weighted by Crippen LogP contribution is 2.39. The van der Waals surface area contributed by atoms with E-state index in [1.54, 1.807) is 10.6 Å². The maximum Gasteiger partial charge on any atom is 0.124 e. The van der Waals surface area contributed by atoms with Crippen LogP contribution in [0.1, 0.15) is 48.5 Å². The van der Waals surface area contributed by atoms with Gasteiger partial charge in [0.15, 0.2) is 0 Å². The second kappa shape index (κ2) is 11.0. The molecule has 194 valence electrons. The van der Waals surface area contributed by atoms with Crippen LogP contribution in [0.4, 0.5) is 4.39 Å². The third-order valence-electron chi connectivity index (χ3n) is 7.42. The van der Waals surface area contributed by atoms with Gasteiger partial charge in [0.1, 0.15) is 18.0 Å². The normalized spacial score (nSPS) is 17.6. The number of likely N-dealkylation sites (N-methyl/N-ethyl adjacent to an activating group) is 1. The summed E-state index contributed by atoms with van der Waals surface area (Å²) in [7, 11) is 2.07. The van der Waals surface area contributed by atoms with Crippen LogP contribution in [0.3, 0.4) is 0 Å². The second-order valence-corrected chi connectivity index (χ2v) is 10.7. The molecule has 1 saturated carbocycles. The van der Waals surface area contributed by atoms with Crippen molar-refractivity contribution in [3.05, 3.63) is 65.5 Å². The highest BCUT2D eigenvalue weighted by Gasteiger charge is 2.27. The molecule has 8 nitrogen and oxygen atoms in total. The van der Waals surface area contributed by atoms with Crippen molar-refractivity contribution in [1.82, 2.24) is 24.3 Å². The van der Waals surface area contributed by atoms with Gasteiger partial charge in [-0.15, -0.1) is 0 Å². The van der Waals surface area contributed by atoms with Crippen LogP contribution >= 0.6 is 11.8 Å². The van der Waals surface area contributed by atoms with E-state index >= 15 is 0 Å². The number of pyridine rings is 1. The number of nitrogens with zero attached hydrogens (tertiary/aromatic N) is 7. The highest BCUT2D eigenvalue weighted by atomic mass is 32.2. The van der Waals surface area contributed by atoms with Crippen LogP contribution in [0.2, 0.25) is 0 Å². The molecule has 10 heteroatoms. The number of fused-ring (bicyclic) bond motifs is 1. The zero-order valence-electron chi connectivity index (χ0n) is 21.3. The molecule has 0 amide bonds. The smallest absolute Gasteiger partial charge is 0.124 e. The lowest BCUT2D eigenvalue weighted by Gasteiger charge is -2.34. The monoisotopic (exact) mass is 529 g/mol. The third kappa shape index (κ3) is 4.91. The molecule has 5 rings (SSSR count). The van der Waals surface area contributed by atoms with E-state index in [-0.39, 0.29) is 12.2 Å². The fourth-order valence-corrected chi connectivity index (χ4v) is 6.42. The summed E-state index contributed by atoms with van der Waals surface area (Å²) in [6.45, 7) is 2.94. The molecule has 1 fully saturated rings. The van der Waals surface area contributed by atoms with Crippen molar-refractivity contribution in [3.63, 3.8) is 0 Å². The van der Waals surface area contributed by atoms with Gasteiger partial charge in [-0.1, -0.05) is 11.8 Å². The quantitative estimate of drug-likeness (QED) is 0.361. The minimum absolute atomic E-state index is 0.174. The molecule has 0 spiro atoms. The fourth-order valence-electron chi connectivity index (χ4n) is 5.35. The molecule has 0 aliphatic heterocycles. The minimum Gasteiger partial charge on any atom is -0.395 e. The largest absolute Gasteiger partial charge is 0.395 e. The summed E-state index contributed by atoms with van der Waals surface area (Å²) in [5, 5.41) is 37.6. The van der Waals surface area contributed by atoms with Crippen molar-refractivity contribution in [3.8, 4) is 23.3 Å². The number of halogens is 1. The van der Waals surface area contributed by atoms with Gasteiger partial charge in [-0.3, -0.25) is 4.68 Å². The minimum atomic E-state index is -0.469. The average molecular weight is 530 g/mol. The summed E-state index contributed by atoms with van der Waals surface area (Å²) >= 11 is 1.32. The van der Waals surface area contributed by atoms with Crippen LogP contribution < -0.4 is 0 Å². The van der Waals surface area contributed by atoms with E-state index < -0.39 is 5.82 Å². The van der Waals surface area contributed by atoms with Gasteiger partial charge in [-0.25, -0.2) is 8.91 Å². The molecule has 0 unspecified atom stereocenters. The molecule has 1 aliphatic carbocycles. The van der Waals surface area contributed by atoms with Gasteiger partial charge in [0.2, 0.25) is 0 Å². The number of aliphatic hydroxyl groups excluding tert-OH is 1. The van der Waals surface area contributed by atoms with Gasteiger partial charge in [0.05, 0.1) is 41.7 Å². The fraction of sp³-hybridized carbons (Fsp3) is 0.357. The number of aliphatic hydroxyl groups is 1. The SMILES string of the molecule is Cc1c(-c2cc(Sc3ccc(F)cc3C#N)c3c(C#N)cnn3c2)cnn1[C@H]1CC[C@@H](N(C)CCO)CC1. The number of aromatic nitrogens is 4. The number of rotatable bonds is 7. The van der Waals surface area contributed by atoms with Gasteiger partial charge in [-0.2, -0.15) is 20.7 Å². The molecule has 1 N–H and O–H groups in total. The van der Waals surface area contributed by atoms with Crippen molar-refractivity contribution >= 4 is 17.3 Å². The van der Waals surface area contributed by atoms with E-state index in [0.717, 1.165) is 47.4 Å². The topological polar surface area (TPSA) is 106 Å². The predicted octanol–water partition coefficient (Wildman–Crippen LogP) is 4.95. The summed E-state index contributed by atoms with van der Waals surface area (Å²) in [6.07, 6.45) is 9.47. The van der Waals surface area contributed by atoms with Gasteiger partial charge in [0, 0.05) is 45.4 Å². The Morgan fingerprint density at radius 1 is 1.08 bits per heavy atom. The number of hydrogen-bond donors (Lipinski definition) is 1. The first-order valence-corrected chi connectivity index (χ1v) is 13.4. The van der Waals surface area contributed by atoms with Gasteiger partial charge in [0.25, 0.3) is 0 Å². The zero-order chi connectivity index (χ0) is 26.8. The van der Waals surface area contributed by atoms with Gasteiger partial charge in [-0.05, 0) is 63.9 Å². The molecular formula is C28H28FN7OS. The average Bonchev–Trinajstić information content (AvgIpc) is 3.53. The van der Waals surface area contributed by atoms with Crippen LogP contribution in [-0.2, 0) is 0 Å². The molecule has 0 radical (unpaired) electrons. The summed E-state index contributed by atoms with van der Waals surface area (Å²) in [6, 6.07) is 11.2. The van der Waals surface area contributed by atoms with Crippen LogP contribution in [0, 0.1) is 35.4 Å². The summed E-state index contributed by atoms with van der Waals surface area (Å²) in [5.41, 5.74) is 4.23. The Labute approximate surface area is 224 Å². The van der Waals surface area contributed by atoms with E-state index in [9.17, 15) is 20.0 Å². The molecule has 38 heavy (non-hydrogen) atoms. The molecule has 0 saturated heterocycles. The molecule has 1 aromatic carbocycles. The highest BCUT2D eigenvalue weighted by molar-refractivity contribution is 7.99. The lowest BCUT2D eigenvalue weighted by atomic mass is 9.90. The maximum atomic E-state index is 13.7. The molecule has 3 heterocycles. The van der Waals surface area contributed by atoms with E-state index in [4.69, 9.17) is 5.10 Å². The molecule has 4 aromatic rings. The van der Waals surface area contributed by atoms with Crippen molar-refractivity contribution in [2.24, 2.45) is 0 Å². The predicted molar refractivity (Wildman–Crippen MR) is 142 cm³/mol. The van der Waals surface area contributed by atoms with E-state index in [0.29, 0.717) is 34.6 Å². The zero-order valence-corrected chi connectivity index (χ0v) is 22.1. The maximum absolute atomic E-state index is 13.7. The molecule has 1 aliphatic rings. The van der Waals surface area contributed by atoms with Gasteiger partial charge < -0.3 is 10.0 Å². The van der Waals surface area contributed by atoms with Crippen molar-refractivity contribution < 1.29 is 9.50 Å². The second-order valence-electron chi connectivity index (χ2n) is 9.67. The van der Waals surface area contributed by atoms with E-state index in [2.05, 4.69) is 40.8 Å². The Hall–Kier alpha value is -3.70. The Morgan fingerprint density at radius 2 is 1.84 bits per heavy atom. The Balaban J connectivity index is 1.48. The third-order valence-corrected chi connectivity index (χ3v) is 8.53. The van der Waals surface area contributed by atoms with Crippen LogP contribution in [0.25, 0.3) is 16.6 Å². The summed E-state index contributed by atoms with van der Waals surface area (Å²) in [5.74, 6) is -0.469. The van der Waals surface area contributed by atoms with E-state index in [1.165, 1.54) is 30.1 Å². The summed E-state index contributed by atoms with van der Waals surface area (Å²) in [4.78, 5) is 3.59. The Morgan fingerprint density at radius 3 is 2.55 bits per heavy atom. The number of benzene rings is 1. The number of nitriles is 2. The Kier molecular flexibility index (Phi) is 7.48. The number of hydrogen-bond acceptors (Lipinski definition) is 7. The first-order valence-electron chi connectivity index (χ1n) is 12.6. The lowest BCUT2D eigenvalue weighted by molar-refractivity contribution is 0.134. The van der Waals surface area contributed by atoms with Crippen molar-refractivity contribution in [2.45, 2.75) is 54.5 Å². The molecule has 0 bridgehead atoms. The van der Waals surface area contributed by atoms with Crippen LogP contribution in [0.5, 0.6) is 0 Å². The van der Waals surface area contributed by atoms with Crippen molar-refractivity contribution in [1.29, 1.82) is 10.5 Å². The van der Waals surface area contributed by atoms with Crippen LogP contribution in [0.15, 0.2) is 52.6 Å². The molecule has 3 aromatic heterocycles. The van der Waals surface area contributed by atoms with Crippen LogP contribution in [-0.4, -0.2) is 55.6 Å². The standard InChI is InChI=1S/C28H28FN7OS/c1-18-25(16-33-36(18)24-6-4-23(5-7-24)34(2)9-10-37)20-12-27(28-21(14-31)15-32-35(28)17-20)38-26-8-3-22(29)11-19(26)13-30/h3,8,11-12,15-17,23-24,37H,4-7,9-10H2,1-2H3/t23-,24+. The molecular weight excluding hydrogens is 501 g/mol.